The molecule has 3 nitrogen and oxygen atoms in total. The van der Waals surface area contributed by atoms with E-state index in [1.54, 1.807) is 0 Å². The zero-order valence-electron chi connectivity index (χ0n) is 12.4. The predicted molar refractivity (Wildman–Crippen MR) is 85.6 cm³/mol. The van der Waals surface area contributed by atoms with Gasteiger partial charge in [0.05, 0.1) is 0 Å². The molecule has 110 valence electrons. The van der Waals surface area contributed by atoms with Crippen LogP contribution in [0.1, 0.15) is 24.8 Å². The summed E-state index contributed by atoms with van der Waals surface area (Å²) in [6.45, 7) is 3.17. The van der Waals surface area contributed by atoms with Gasteiger partial charge in [0.15, 0.2) is 0 Å². The van der Waals surface area contributed by atoms with Crippen LogP contribution in [-0.2, 0) is 6.54 Å². The zero-order chi connectivity index (χ0) is 14.1. The molecule has 2 saturated heterocycles. The minimum absolute atomic E-state index is 0.698. The molecule has 3 rings (SSSR count). The summed E-state index contributed by atoms with van der Waals surface area (Å²) in [4.78, 5) is 5.13. The summed E-state index contributed by atoms with van der Waals surface area (Å²) < 4.78 is 0. The summed E-state index contributed by atoms with van der Waals surface area (Å²) in [7, 11) is 4.29. The van der Waals surface area contributed by atoms with E-state index in [1.807, 2.05) is 13.1 Å². The van der Waals surface area contributed by atoms with Crippen molar-refractivity contribution in [1.29, 1.82) is 0 Å². The molecule has 0 aromatic heterocycles. The molecule has 0 amide bonds. The summed E-state index contributed by atoms with van der Waals surface area (Å²) in [6, 6.07) is 7.75. The van der Waals surface area contributed by atoms with Gasteiger partial charge in [0.25, 0.3) is 0 Å². The van der Waals surface area contributed by atoms with Crippen LogP contribution in [0.3, 0.4) is 0 Å². The van der Waals surface area contributed by atoms with Crippen LogP contribution in [-0.4, -0.2) is 44.2 Å². The van der Waals surface area contributed by atoms with Crippen molar-refractivity contribution in [3.63, 3.8) is 0 Å². The number of fused-ring (bicyclic) bond motifs is 2. The van der Waals surface area contributed by atoms with E-state index in [0.29, 0.717) is 6.04 Å². The molecule has 2 heterocycles. The first-order chi connectivity index (χ1) is 9.69. The van der Waals surface area contributed by atoms with Gasteiger partial charge in [-0.15, -0.1) is 0 Å². The van der Waals surface area contributed by atoms with Gasteiger partial charge in [0.1, 0.15) is 0 Å². The predicted octanol–water partition coefficient (Wildman–Crippen LogP) is 2.73. The van der Waals surface area contributed by atoms with Crippen molar-refractivity contribution >= 4 is 17.3 Å². The average molecular weight is 294 g/mol. The largest absolute Gasteiger partial charge is 0.370 e. The summed E-state index contributed by atoms with van der Waals surface area (Å²) in [6.07, 6.45) is 3.96. The highest BCUT2D eigenvalue weighted by molar-refractivity contribution is 6.30. The van der Waals surface area contributed by atoms with E-state index >= 15 is 0 Å². The molecule has 2 aliphatic rings. The molecule has 1 aromatic carbocycles. The molecule has 0 aliphatic carbocycles. The number of rotatable bonds is 3. The topological polar surface area (TPSA) is 18.5 Å². The average Bonchev–Trinajstić information content (AvgIpc) is 2.66. The van der Waals surface area contributed by atoms with Gasteiger partial charge in [-0.25, -0.2) is 0 Å². The van der Waals surface area contributed by atoms with Crippen LogP contribution in [0.15, 0.2) is 18.2 Å². The number of hydrogen-bond acceptors (Lipinski definition) is 3. The van der Waals surface area contributed by atoms with Gasteiger partial charge in [0.2, 0.25) is 0 Å². The second-order valence-corrected chi connectivity index (χ2v) is 6.52. The Hall–Kier alpha value is -0.770. The van der Waals surface area contributed by atoms with E-state index in [9.17, 15) is 0 Å². The maximum Gasteiger partial charge on any atom is 0.0427 e. The van der Waals surface area contributed by atoms with Crippen molar-refractivity contribution in [3.05, 3.63) is 28.8 Å². The number of likely N-dealkylation sites (N-methyl/N-ethyl adjacent to an activating group) is 1. The third kappa shape index (κ3) is 2.67. The van der Waals surface area contributed by atoms with Gasteiger partial charge < -0.3 is 10.2 Å². The zero-order valence-corrected chi connectivity index (χ0v) is 13.2. The van der Waals surface area contributed by atoms with Crippen LogP contribution in [0.5, 0.6) is 0 Å². The van der Waals surface area contributed by atoms with E-state index in [4.69, 9.17) is 11.6 Å². The normalized spacial score (nSPS) is 26.9. The molecular weight excluding hydrogens is 270 g/mol. The van der Waals surface area contributed by atoms with Gasteiger partial charge >= 0.3 is 0 Å². The summed E-state index contributed by atoms with van der Waals surface area (Å²) in [5.74, 6) is 0. The minimum Gasteiger partial charge on any atom is -0.370 e. The van der Waals surface area contributed by atoms with E-state index in [0.717, 1.165) is 30.7 Å². The molecule has 2 bridgehead atoms. The van der Waals surface area contributed by atoms with Crippen molar-refractivity contribution in [2.45, 2.75) is 37.9 Å². The number of nitrogens with one attached hydrogen (secondary N) is 1. The molecule has 4 heteroatoms. The smallest absolute Gasteiger partial charge is 0.0427 e. The van der Waals surface area contributed by atoms with E-state index in [1.165, 1.54) is 30.5 Å². The Morgan fingerprint density at radius 2 is 2.05 bits per heavy atom. The van der Waals surface area contributed by atoms with Crippen molar-refractivity contribution in [2.24, 2.45) is 0 Å². The number of anilines is 1. The SMILES string of the molecule is CNCc1ccc(Cl)cc1N1CCC2CCC(C1)N2C. The lowest BCUT2D eigenvalue weighted by molar-refractivity contribution is 0.254. The highest BCUT2D eigenvalue weighted by atomic mass is 35.5. The number of benzene rings is 1. The van der Waals surface area contributed by atoms with Crippen LogP contribution in [0.25, 0.3) is 0 Å². The Kier molecular flexibility index (Phi) is 4.20. The Balaban J connectivity index is 1.87. The molecule has 2 atom stereocenters. The molecule has 0 saturated carbocycles. The first-order valence-electron chi connectivity index (χ1n) is 7.59. The highest BCUT2D eigenvalue weighted by Gasteiger charge is 2.35. The standard InChI is InChI=1S/C16H24ClN3/c1-18-10-12-3-4-13(17)9-16(12)20-8-7-14-5-6-15(11-20)19(14)2/h3-4,9,14-15,18H,5-8,10-11H2,1-2H3. The van der Waals surface area contributed by atoms with Gasteiger partial charge in [0, 0.05) is 42.4 Å². The monoisotopic (exact) mass is 293 g/mol. The molecule has 1 N–H and O–H groups in total. The summed E-state index contributed by atoms with van der Waals surface area (Å²) in [5, 5.41) is 4.10. The van der Waals surface area contributed by atoms with Crippen molar-refractivity contribution in [2.75, 3.05) is 32.1 Å². The van der Waals surface area contributed by atoms with Crippen molar-refractivity contribution < 1.29 is 0 Å². The van der Waals surface area contributed by atoms with Crippen LogP contribution in [0, 0.1) is 0 Å². The molecule has 20 heavy (non-hydrogen) atoms. The second-order valence-electron chi connectivity index (χ2n) is 6.09. The first-order valence-corrected chi connectivity index (χ1v) is 7.96. The molecule has 2 unspecified atom stereocenters. The lowest BCUT2D eigenvalue weighted by Gasteiger charge is -2.29. The molecule has 2 aliphatic heterocycles. The van der Waals surface area contributed by atoms with Crippen LogP contribution in [0.4, 0.5) is 5.69 Å². The summed E-state index contributed by atoms with van der Waals surface area (Å²) in [5.41, 5.74) is 2.66. The molecule has 0 radical (unpaired) electrons. The Morgan fingerprint density at radius 3 is 2.85 bits per heavy atom. The fourth-order valence-electron chi connectivity index (χ4n) is 3.70. The number of nitrogens with zero attached hydrogens (tertiary/aromatic N) is 2. The molecular formula is C16H24ClN3. The summed E-state index contributed by atoms with van der Waals surface area (Å²) >= 11 is 6.23. The third-order valence-electron chi connectivity index (χ3n) is 4.90. The molecule has 2 fully saturated rings. The van der Waals surface area contributed by atoms with Gasteiger partial charge in [-0.2, -0.15) is 0 Å². The number of halogens is 1. The highest BCUT2D eigenvalue weighted by Crippen LogP contribution is 2.33. The fraction of sp³-hybridized carbons (Fsp3) is 0.625. The van der Waals surface area contributed by atoms with Crippen molar-refractivity contribution in [3.8, 4) is 0 Å². The minimum atomic E-state index is 0.698. The van der Waals surface area contributed by atoms with E-state index in [2.05, 4.69) is 34.3 Å². The van der Waals surface area contributed by atoms with Gasteiger partial charge in [-0.05, 0) is 51.1 Å². The first kappa shape index (κ1) is 14.2. The maximum absolute atomic E-state index is 6.23. The maximum atomic E-state index is 6.23. The Morgan fingerprint density at radius 1 is 1.25 bits per heavy atom. The molecule has 0 spiro atoms. The lowest BCUT2D eigenvalue weighted by Crippen LogP contribution is -2.37. The Labute approximate surface area is 126 Å². The van der Waals surface area contributed by atoms with Crippen LogP contribution >= 0.6 is 11.6 Å². The van der Waals surface area contributed by atoms with E-state index < -0.39 is 0 Å². The van der Waals surface area contributed by atoms with Gasteiger partial charge in [-0.3, -0.25) is 4.90 Å². The van der Waals surface area contributed by atoms with Gasteiger partial charge in [-0.1, -0.05) is 17.7 Å². The molecule has 1 aromatic rings. The third-order valence-corrected chi connectivity index (χ3v) is 5.14. The quantitative estimate of drug-likeness (QED) is 0.924. The van der Waals surface area contributed by atoms with Crippen molar-refractivity contribution in [1.82, 2.24) is 10.2 Å². The van der Waals surface area contributed by atoms with E-state index in [-0.39, 0.29) is 0 Å². The Bertz CT molecular complexity index is 477. The number of hydrogen-bond donors (Lipinski definition) is 1. The van der Waals surface area contributed by atoms with Crippen LogP contribution < -0.4 is 10.2 Å². The second kappa shape index (κ2) is 5.92. The van der Waals surface area contributed by atoms with Crippen LogP contribution in [0.2, 0.25) is 5.02 Å². The fourth-order valence-corrected chi connectivity index (χ4v) is 3.87. The lowest BCUT2D eigenvalue weighted by atomic mass is 10.1.